The summed E-state index contributed by atoms with van der Waals surface area (Å²) in [6, 6.07) is 19.8. The molecule has 0 spiro atoms. The summed E-state index contributed by atoms with van der Waals surface area (Å²) in [5.74, 6) is 0.0131. The van der Waals surface area contributed by atoms with Crippen molar-refractivity contribution in [1.82, 2.24) is 9.55 Å². The van der Waals surface area contributed by atoms with Crippen molar-refractivity contribution in [3.63, 3.8) is 0 Å². The molecule has 0 saturated carbocycles. The number of benzene rings is 3. The second-order valence-corrected chi connectivity index (χ2v) is 8.97. The molecule has 4 N–H and O–H groups in total. The molecule has 164 valence electrons. The summed E-state index contributed by atoms with van der Waals surface area (Å²) < 4.78 is 29.6. The lowest BCUT2D eigenvalue weighted by molar-refractivity contribution is 0.102. The maximum absolute atomic E-state index is 12.9. The number of nitrogens with one attached hydrogen (secondary N) is 2. The van der Waals surface area contributed by atoms with Crippen molar-refractivity contribution in [3.8, 4) is 0 Å². The van der Waals surface area contributed by atoms with Gasteiger partial charge >= 0.3 is 0 Å². The fourth-order valence-electron chi connectivity index (χ4n) is 3.40. The molecular weight excluding hydrogens is 426 g/mol. The Labute approximate surface area is 186 Å². The van der Waals surface area contributed by atoms with Gasteiger partial charge in [0.05, 0.1) is 15.9 Å². The van der Waals surface area contributed by atoms with Gasteiger partial charge in [-0.3, -0.25) is 14.8 Å². The zero-order valence-electron chi connectivity index (χ0n) is 17.4. The molecule has 0 fully saturated rings. The number of sulfonamides is 1. The summed E-state index contributed by atoms with van der Waals surface area (Å²) in [6.45, 7) is 2.71. The Morgan fingerprint density at radius 1 is 1.03 bits per heavy atom. The van der Waals surface area contributed by atoms with Crippen molar-refractivity contribution in [1.29, 1.82) is 0 Å². The highest BCUT2D eigenvalue weighted by Crippen LogP contribution is 2.23. The Kier molecular flexibility index (Phi) is 5.83. The summed E-state index contributed by atoms with van der Waals surface area (Å²) in [5.41, 5.74) is 8.61. The van der Waals surface area contributed by atoms with Crippen LogP contribution in [-0.2, 0) is 16.6 Å². The number of nitrogens with zero attached hydrogens (tertiary/aromatic N) is 2. The second-order valence-electron chi connectivity index (χ2n) is 7.29. The fourth-order valence-corrected chi connectivity index (χ4v) is 4.47. The summed E-state index contributed by atoms with van der Waals surface area (Å²) in [5, 5.41) is 2.84. The summed E-state index contributed by atoms with van der Waals surface area (Å²) in [6.07, 6.45) is 0.857. The minimum Gasteiger partial charge on any atom is -0.399 e. The third kappa shape index (κ3) is 4.42. The lowest BCUT2D eigenvalue weighted by Crippen LogP contribution is -2.17. The zero-order valence-corrected chi connectivity index (χ0v) is 18.3. The molecule has 1 aromatic heterocycles. The summed E-state index contributed by atoms with van der Waals surface area (Å²) in [4.78, 5) is 17.6. The number of imidazole rings is 1. The first-order chi connectivity index (χ1) is 15.4. The molecule has 0 aliphatic heterocycles. The van der Waals surface area contributed by atoms with E-state index in [1.807, 2.05) is 17.6 Å². The Hall–Kier alpha value is -3.85. The monoisotopic (exact) mass is 449 g/mol. The second kappa shape index (κ2) is 8.72. The molecule has 9 heteroatoms. The number of amides is 1. The first-order valence-electron chi connectivity index (χ1n) is 10.1. The SMILES string of the molecule is CCCn1c(NC(=O)c2cccc(NS(=O)(=O)c3ccccc3)c2)nc2cc(N)ccc21. The van der Waals surface area contributed by atoms with E-state index in [1.54, 1.807) is 48.5 Å². The first-order valence-corrected chi connectivity index (χ1v) is 11.6. The molecule has 0 atom stereocenters. The van der Waals surface area contributed by atoms with Crippen LogP contribution in [0.3, 0.4) is 0 Å². The van der Waals surface area contributed by atoms with Crippen molar-refractivity contribution in [2.75, 3.05) is 15.8 Å². The molecule has 1 amide bonds. The van der Waals surface area contributed by atoms with Crippen molar-refractivity contribution < 1.29 is 13.2 Å². The molecular formula is C23H23N5O3S. The van der Waals surface area contributed by atoms with Crippen LogP contribution in [0.15, 0.2) is 77.7 Å². The van der Waals surface area contributed by atoms with Crippen LogP contribution >= 0.6 is 0 Å². The Balaban J connectivity index is 1.59. The number of aryl methyl sites for hydroxylation is 1. The zero-order chi connectivity index (χ0) is 22.7. The average molecular weight is 450 g/mol. The lowest BCUT2D eigenvalue weighted by Gasteiger charge is -2.11. The van der Waals surface area contributed by atoms with E-state index in [4.69, 9.17) is 5.73 Å². The molecule has 0 bridgehead atoms. The molecule has 0 saturated heterocycles. The van der Waals surface area contributed by atoms with Gasteiger partial charge in [-0.25, -0.2) is 13.4 Å². The molecule has 0 aliphatic carbocycles. The van der Waals surface area contributed by atoms with E-state index in [1.165, 1.54) is 18.2 Å². The Morgan fingerprint density at radius 3 is 2.56 bits per heavy atom. The van der Waals surface area contributed by atoms with Crippen LogP contribution in [-0.4, -0.2) is 23.9 Å². The molecule has 4 rings (SSSR count). The first kappa shape index (κ1) is 21.4. The molecule has 0 aliphatic rings. The van der Waals surface area contributed by atoms with Crippen molar-refractivity contribution in [3.05, 3.63) is 78.4 Å². The minimum atomic E-state index is -3.76. The van der Waals surface area contributed by atoms with E-state index >= 15 is 0 Å². The Bertz CT molecular complexity index is 1380. The maximum atomic E-state index is 12.9. The van der Waals surface area contributed by atoms with Crippen LogP contribution in [0.5, 0.6) is 0 Å². The highest BCUT2D eigenvalue weighted by molar-refractivity contribution is 7.92. The molecule has 4 aromatic rings. The van der Waals surface area contributed by atoms with Gasteiger partial charge in [0.15, 0.2) is 0 Å². The number of hydrogen-bond donors (Lipinski definition) is 3. The standard InChI is InChI=1S/C23H23N5O3S/c1-2-13-28-21-12-11-17(24)15-20(21)25-23(28)26-22(29)16-7-6-8-18(14-16)27-32(30,31)19-9-4-3-5-10-19/h3-12,14-15,27H,2,13,24H2,1H3,(H,25,26,29). The van der Waals surface area contributed by atoms with Gasteiger partial charge in [-0.15, -0.1) is 0 Å². The number of nitrogens with two attached hydrogens (primary N) is 1. The van der Waals surface area contributed by atoms with Crippen LogP contribution in [0.2, 0.25) is 0 Å². The van der Waals surface area contributed by atoms with Crippen molar-refractivity contribution in [2.24, 2.45) is 0 Å². The topological polar surface area (TPSA) is 119 Å². The number of carbonyl (C=O) groups excluding carboxylic acids is 1. The number of carbonyl (C=O) groups is 1. The average Bonchev–Trinajstić information content (AvgIpc) is 3.10. The van der Waals surface area contributed by atoms with Gasteiger partial charge in [-0.2, -0.15) is 0 Å². The Morgan fingerprint density at radius 2 is 1.81 bits per heavy atom. The number of hydrogen-bond acceptors (Lipinski definition) is 5. The van der Waals surface area contributed by atoms with Gasteiger partial charge in [-0.1, -0.05) is 31.2 Å². The highest BCUT2D eigenvalue weighted by Gasteiger charge is 2.17. The van der Waals surface area contributed by atoms with Crippen LogP contribution in [0.25, 0.3) is 11.0 Å². The van der Waals surface area contributed by atoms with Crippen LogP contribution < -0.4 is 15.8 Å². The number of anilines is 3. The van der Waals surface area contributed by atoms with E-state index < -0.39 is 15.9 Å². The van der Waals surface area contributed by atoms with Gasteiger partial charge in [0.2, 0.25) is 5.95 Å². The predicted molar refractivity (Wildman–Crippen MR) is 126 cm³/mol. The van der Waals surface area contributed by atoms with Crippen molar-refractivity contribution in [2.45, 2.75) is 24.8 Å². The number of rotatable bonds is 7. The van der Waals surface area contributed by atoms with Crippen LogP contribution in [0.4, 0.5) is 17.3 Å². The fraction of sp³-hybridized carbons (Fsp3) is 0.130. The quantitative estimate of drug-likeness (QED) is 0.367. The van der Waals surface area contributed by atoms with Gasteiger partial charge in [-0.05, 0) is 55.0 Å². The van der Waals surface area contributed by atoms with Gasteiger partial charge in [0.25, 0.3) is 15.9 Å². The number of aromatic nitrogens is 2. The molecule has 3 aromatic carbocycles. The third-order valence-corrected chi connectivity index (χ3v) is 6.27. The van der Waals surface area contributed by atoms with Gasteiger partial charge in [0, 0.05) is 23.5 Å². The summed E-state index contributed by atoms with van der Waals surface area (Å²) >= 11 is 0. The van der Waals surface area contributed by atoms with E-state index in [2.05, 4.69) is 15.0 Å². The van der Waals surface area contributed by atoms with Gasteiger partial charge < -0.3 is 10.3 Å². The third-order valence-electron chi connectivity index (χ3n) is 4.88. The largest absolute Gasteiger partial charge is 0.399 e. The minimum absolute atomic E-state index is 0.141. The van der Waals surface area contributed by atoms with Crippen LogP contribution in [0, 0.1) is 0 Å². The van der Waals surface area contributed by atoms with E-state index in [0.717, 1.165) is 11.9 Å². The van der Waals surface area contributed by atoms with Crippen LogP contribution in [0.1, 0.15) is 23.7 Å². The van der Waals surface area contributed by atoms with E-state index in [-0.39, 0.29) is 10.6 Å². The summed E-state index contributed by atoms with van der Waals surface area (Å²) in [7, 11) is -3.76. The smallest absolute Gasteiger partial charge is 0.261 e. The number of nitrogen functional groups attached to an aromatic ring is 1. The van der Waals surface area contributed by atoms with E-state index in [9.17, 15) is 13.2 Å². The van der Waals surface area contributed by atoms with Crippen molar-refractivity contribution >= 4 is 44.3 Å². The normalized spacial score (nSPS) is 11.4. The lowest BCUT2D eigenvalue weighted by atomic mass is 10.2. The predicted octanol–water partition coefficient (Wildman–Crippen LogP) is 4.08. The molecule has 32 heavy (non-hydrogen) atoms. The maximum Gasteiger partial charge on any atom is 0.261 e. The molecule has 0 radical (unpaired) electrons. The highest BCUT2D eigenvalue weighted by atomic mass is 32.2. The van der Waals surface area contributed by atoms with E-state index in [0.29, 0.717) is 29.3 Å². The number of fused-ring (bicyclic) bond motifs is 1. The molecule has 0 unspecified atom stereocenters. The molecule has 8 nitrogen and oxygen atoms in total. The molecule has 1 heterocycles. The van der Waals surface area contributed by atoms with Gasteiger partial charge in [0.1, 0.15) is 0 Å².